The van der Waals surface area contributed by atoms with Crippen molar-refractivity contribution in [1.29, 1.82) is 0 Å². The number of aromatic carboxylic acids is 1. The zero-order valence-electron chi connectivity index (χ0n) is 9.07. The molecule has 1 saturated carbocycles. The van der Waals surface area contributed by atoms with Gasteiger partial charge in [-0.25, -0.2) is 4.79 Å². The van der Waals surface area contributed by atoms with Crippen LogP contribution in [0.4, 0.5) is 5.69 Å². The second-order valence-electron chi connectivity index (χ2n) is 4.12. The maximum absolute atomic E-state index is 11.7. The summed E-state index contributed by atoms with van der Waals surface area (Å²) in [5.74, 6) is -0.952. The van der Waals surface area contributed by atoms with E-state index >= 15 is 0 Å². The van der Waals surface area contributed by atoms with Gasteiger partial charge in [0.15, 0.2) is 0 Å². The molecule has 1 amide bonds. The number of hydrogen-bond donors (Lipinski definition) is 2. The molecule has 0 radical (unpaired) electrons. The Morgan fingerprint density at radius 3 is 2.59 bits per heavy atom. The zero-order chi connectivity index (χ0) is 12.4. The van der Waals surface area contributed by atoms with Gasteiger partial charge in [-0.05, 0) is 47.0 Å². The molecule has 17 heavy (non-hydrogen) atoms. The number of carbonyl (C=O) groups excluding carboxylic acids is 1. The Morgan fingerprint density at radius 1 is 1.35 bits per heavy atom. The molecular formula is C12H12BrNO3. The maximum atomic E-state index is 11.7. The summed E-state index contributed by atoms with van der Waals surface area (Å²) in [6, 6.07) is 4.58. The van der Waals surface area contributed by atoms with E-state index in [1.165, 1.54) is 12.1 Å². The molecule has 4 nitrogen and oxygen atoms in total. The topological polar surface area (TPSA) is 66.4 Å². The van der Waals surface area contributed by atoms with Crippen molar-refractivity contribution in [2.24, 2.45) is 5.92 Å². The third kappa shape index (κ3) is 2.66. The number of hydrogen-bond acceptors (Lipinski definition) is 2. The summed E-state index contributed by atoms with van der Waals surface area (Å²) in [6.07, 6.45) is 2.93. The lowest BCUT2D eigenvalue weighted by molar-refractivity contribution is -0.122. The van der Waals surface area contributed by atoms with E-state index in [2.05, 4.69) is 21.2 Å². The van der Waals surface area contributed by atoms with E-state index in [-0.39, 0.29) is 17.4 Å². The highest BCUT2D eigenvalue weighted by Crippen LogP contribution is 2.29. The van der Waals surface area contributed by atoms with Crippen molar-refractivity contribution in [2.45, 2.75) is 19.3 Å². The Labute approximate surface area is 107 Å². The molecule has 2 N–H and O–H groups in total. The quantitative estimate of drug-likeness (QED) is 0.901. The molecule has 0 spiro atoms. The van der Waals surface area contributed by atoms with Crippen LogP contribution in [-0.2, 0) is 4.79 Å². The summed E-state index contributed by atoms with van der Waals surface area (Å²) in [5, 5.41) is 11.6. The van der Waals surface area contributed by atoms with Crippen LogP contribution < -0.4 is 5.32 Å². The predicted octanol–water partition coefficient (Wildman–Crippen LogP) is 2.89. The van der Waals surface area contributed by atoms with Gasteiger partial charge < -0.3 is 10.4 Å². The molecule has 1 aromatic rings. The summed E-state index contributed by atoms with van der Waals surface area (Å²) in [6.45, 7) is 0. The van der Waals surface area contributed by atoms with E-state index in [9.17, 15) is 9.59 Å². The average Bonchev–Trinajstić information content (AvgIpc) is 2.18. The molecule has 90 valence electrons. The van der Waals surface area contributed by atoms with Crippen LogP contribution in [0.3, 0.4) is 0 Å². The Morgan fingerprint density at radius 2 is 2.06 bits per heavy atom. The summed E-state index contributed by atoms with van der Waals surface area (Å²) >= 11 is 3.29. The third-order valence-corrected chi connectivity index (χ3v) is 3.64. The number of halogens is 1. The highest BCUT2D eigenvalue weighted by molar-refractivity contribution is 9.10. The molecular weight excluding hydrogens is 286 g/mol. The Kier molecular flexibility index (Phi) is 3.47. The van der Waals surface area contributed by atoms with Gasteiger partial charge in [-0.15, -0.1) is 0 Å². The lowest BCUT2D eigenvalue weighted by atomic mass is 9.85. The van der Waals surface area contributed by atoms with E-state index in [1.807, 2.05) is 0 Å². The molecule has 0 saturated heterocycles. The Balaban J connectivity index is 2.16. The molecule has 0 bridgehead atoms. The van der Waals surface area contributed by atoms with E-state index in [4.69, 9.17) is 5.11 Å². The second kappa shape index (κ2) is 4.87. The Hall–Kier alpha value is -1.36. The lowest BCUT2D eigenvalue weighted by Gasteiger charge is -2.24. The van der Waals surface area contributed by atoms with Gasteiger partial charge in [0.2, 0.25) is 5.91 Å². The van der Waals surface area contributed by atoms with Crippen molar-refractivity contribution in [1.82, 2.24) is 0 Å². The fraction of sp³-hybridized carbons (Fsp3) is 0.333. The summed E-state index contributed by atoms with van der Waals surface area (Å²) in [7, 11) is 0. The number of amides is 1. The van der Waals surface area contributed by atoms with Gasteiger partial charge in [0.1, 0.15) is 0 Å². The summed E-state index contributed by atoms with van der Waals surface area (Å²) in [5.41, 5.74) is 0.680. The van der Waals surface area contributed by atoms with Crippen molar-refractivity contribution < 1.29 is 14.7 Å². The number of carbonyl (C=O) groups is 2. The van der Waals surface area contributed by atoms with Crippen molar-refractivity contribution >= 4 is 33.5 Å². The standard InChI is InChI=1S/C12H12BrNO3/c13-9-5-4-8(12(16)17)6-10(9)14-11(15)7-2-1-3-7/h4-7H,1-3H2,(H,14,15)(H,16,17). The van der Waals surface area contributed by atoms with Crippen molar-refractivity contribution in [3.63, 3.8) is 0 Å². The molecule has 0 atom stereocenters. The molecule has 0 unspecified atom stereocenters. The number of anilines is 1. The first-order valence-electron chi connectivity index (χ1n) is 5.41. The normalized spacial score (nSPS) is 15.1. The van der Waals surface area contributed by atoms with Gasteiger partial charge in [-0.1, -0.05) is 6.42 Å². The number of benzene rings is 1. The van der Waals surface area contributed by atoms with Crippen molar-refractivity contribution in [3.8, 4) is 0 Å². The Bertz CT molecular complexity index is 469. The van der Waals surface area contributed by atoms with Gasteiger partial charge in [0.25, 0.3) is 0 Å². The number of carboxylic acid groups (broad SMARTS) is 1. The minimum absolute atomic E-state index is 0.0283. The largest absolute Gasteiger partial charge is 0.478 e. The second-order valence-corrected chi connectivity index (χ2v) is 4.97. The molecule has 0 heterocycles. The number of carboxylic acids is 1. The fourth-order valence-corrected chi connectivity index (χ4v) is 2.01. The predicted molar refractivity (Wildman–Crippen MR) is 67.1 cm³/mol. The molecule has 2 rings (SSSR count). The molecule has 1 aliphatic carbocycles. The van der Waals surface area contributed by atoms with Crippen LogP contribution in [0, 0.1) is 5.92 Å². The van der Waals surface area contributed by atoms with Gasteiger partial charge in [-0.2, -0.15) is 0 Å². The van der Waals surface area contributed by atoms with E-state index in [1.54, 1.807) is 6.07 Å². The lowest BCUT2D eigenvalue weighted by Crippen LogP contribution is -2.28. The highest BCUT2D eigenvalue weighted by atomic mass is 79.9. The average molecular weight is 298 g/mol. The van der Waals surface area contributed by atoms with E-state index in [0.717, 1.165) is 19.3 Å². The smallest absolute Gasteiger partial charge is 0.335 e. The first-order chi connectivity index (χ1) is 8.08. The fourth-order valence-electron chi connectivity index (χ4n) is 1.66. The zero-order valence-corrected chi connectivity index (χ0v) is 10.7. The van der Waals surface area contributed by atoms with E-state index < -0.39 is 5.97 Å². The highest BCUT2D eigenvalue weighted by Gasteiger charge is 2.25. The molecule has 0 aliphatic heterocycles. The van der Waals surface area contributed by atoms with Crippen LogP contribution in [0.1, 0.15) is 29.6 Å². The van der Waals surface area contributed by atoms with Gasteiger partial charge in [-0.3, -0.25) is 4.79 Å². The first kappa shape index (κ1) is 12.1. The molecule has 1 aromatic carbocycles. The third-order valence-electron chi connectivity index (χ3n) is 2.95. The van der Waals surface area contributed by atoms with Crippen LogP contribution in [0.5, 0.6) is 0 Å². The molecule has 1 aliphatic rings. The van der Waals surface area contributed by atoms with Gasteiger partial charge in [0.05, 0.1) is 11.3 Å². The number of nitrogens with one attached hydrogen (secondary N) is 1. The van der Waals surface area contributed by atoms with Gasteiger partial charge in [0, 0.05) is 10.4 Å². The van der Waals surface area contributed by atoms with Crippen LogP contribution in [0.25, 0.3) is 0 Å². The SMILES string of the molecule is O=C(O)c1ccc(Br)c(NC(=O)C2CCC2)c1. The monoisotopic (exact) mass is 297 g/mol. The van der Waals surface area contributed by atoms with Crippen LogP contribution in [-0.4, -0.2) is 17.0 Å². The molecule has 0 aromatic heterocycles. The first-order valence-corrected chi connectivity index (χ1v) is 6.21. The minimum Gasteiger partial charge on any atom is -0.478 e. The van der Waals surface area contributed by atoms with Crippen LogP contribution >= 0.6 is 15.9 Å². The van der Waals surface area contributed by atoms with Crippen molar-refractivity contribution in [3.05, 3.63) is 28.2 Å². The van der Waals surface area contributed by atoms with Crippen molar-refractivity contribution in [2.75, 3.05) is 5.32 Å². The summed E-state index contributed by atoms with van der Waals surface area (Å²) in [4.78, 5) is 22.6. The molecule has 1 fully saturated rings. The van der Waals surface area contributed by atoms with E-state index in [0.29, 0.717) is 10.2 Å². The summed E-state index contributed by atoms with van der Waals surface area (Å²) < 4.78 is 0.690. The molecule has 5 heteroatoms. The van der Waals surface area contributed by atoms with Gasteiger partial charge >= 0.3 is 5.97 Å². The van der Waals surface area contributed by atoms with Crippen LogP contribution in [0.15, 0.2) is 22.7 Å². The maximum Gasteiger partial charge on any atom is 0.335 e. The number of rotatable bonds is 3. The minimum atomic E-state index is -1.00. The van der Waals surface area contributed by atoms with Crippen LogP contribution in [0.2, 0.25) is 0 Å².